The maximum absolute atomic E-state index is 13.7. The SMILES string of the molecule is C[C@H](CC(=O)N1CCC(O)(Cn2cnc3c(-c4ccc(CNCC(=O)NCCCCCCNC(=O)Cn5ccc(-c6cc(Cl)c(Cl)c7[nH]c8c(c67)CN(C(=O)CO)CC8)n5)cc4)n(C)nc3c2=O)CC1)c1ccccc1. The highest BCUT2D eigenvalue weighted by molar-refractivity contribution is 6.45. The predicted molar refractivity (Wildman–Crippen MR) is 290 cm³/mol. The van der Waals surface area contributed by atoms with Crippen LogP contribution in [0.25, 0.3) is 44.5 Å². The van der Waals surface area contributed by atoms with Crippen molar-refractivity contribution in [1.82, 2.24) is 59.8 Å². The maximum Gasteiger partial charge on any atom is 0.281 e. The van der Waals surface area contributed by atoms with Crippen LogP contribution in [0.3, 0.4) is 0 Å². The lowest BCUT2D eigenvalue weighted by molar-refractivity contribution is -0.136. The van der Waals surface area contributed by atoms with Crippen molar-refractivity contribution >= 4 is 68.8 Å². The summed E-state index contributed by atoms with van der Waals surface area (Å²) in [5, 5.41) is 40.9. The molecule has 4 amide bonds. The molecule has 21 heteroatoms. The van der Waals surface area contributed by atoms with E-state index in [0.29, 0.717) is 104 Å². The molecule has 76 heavy (non-hydrogen) atoms. The molecule has 19 nitrogen and oxygen atoms in total. The van der Waals surface area contributed by atoms with Crippen molar-refractivity contribution < 1.29 is 29.4 Å². The third kappa shape index (κ3) is 12.3. The Hall–Kier alpha value is -6.90. The Kier molecular flexibility index (Phi) is 17.0. The standard InChI is InChI=1S/C55H64Cl2N12O7/c1-35(37-10-6-5-7-11-37)26-46(73)66-24-18-55(76,19-25-66)33-68-34-61-51-52(54(68)75)64-65(2)53(51)38-14-12-36(13-15-38)28-58-29-44(71)59-20-8-3-4-9-21-60-45(72)31-69-23-17-43(63-69)39-27-41(56)49(57)50-48(39)40-30-67(47(74)32-70)22-16-42(40)62-50/h5-7,10-15,17,23,27,34-35,58,62,70,76H,3-4,8-9,16,18-22,24-26,28-33H2,1-2H3,(H,59,71)(H,60,72)/t35-/m1/s1. The number of piperidine rings is 1. The molecule has 2 aliphatic heterocycles. The second kappa shape index (κ2) is 24.0. The fourth-order valence-electron chi connectivity index (χ4n) is 10.3. The van der Waals surface area contributed by atoms with Crippen molar-refractivity contribution in [3.05, 3.63) is 122 Å². The van der Waals surface area contributed by atoms with Gasteiger partial charge in [-0.05, 0) is 54.9 Å². The first kappa shape index (κ1) is 53.9. The van der Waals surface area contributed by atoms with Crippen LogP contribution in [0.15, 0.2) is 84.0 Å². The summed E-state index contributed by atoms with van der Waals surface area (Å²) in [6, 6.07) is 21.3. The largest absolute Gasteiger partial charge is 0.388 e. The molecule has 0 unspecified atom stereocenters. The molecule has 0 radical (unpaired) electrons. The molecule has 0 saturated carbocycles. The summed E-state index contributed by atoms with van der Waals surface area (Å²) in [6.07, 6.45) is 8.25. The quantitative estimate of drug-likeness (QED) is 0.0495. The van der Waals surface area contributed by atoms with Crippen LogP contribution < -0.4 is 21.5 Å². The van der Waals surface area contributed by atoms with Gasteiger partial charge in [-0.15, -0.1) is 0 Å². The molecule has 9 rings (SSSR count). The van der Waals surface area contributed by atoms with Gasteiger partial charge in [-0.3, -0.25) is 37.9 Å². The monoisotopic (exact) mass is 1070 g/mol. The normalized spacial score (nSPS) is 14.8. The van der Waals surface area contributed by atoms with Gasteiger partial charge in [0.15, 0.2) is 5.52 Å². The molecule has 4 aromatic heterocycles. The van der Waals surface area contributed by atoms with Crippen molar-refractivity contribution in [3.63, 3.8) is 0 Å². The summed E-state index contributed by atoms with van der Waals surface area (Å²) in [6.45, 7) is 4.87. The van der Waals surface area contributed by atoms with Crippen LogP contribution in [0.1, 0.15) is 80.2 Å². The van der Waals surface area contributed by atoms with Crippen LogP contribution in [0.5, 0.6) is 0 Å². The van der Waals surface area contributed by atoms with E-state index in [-0.39, 0.29) is 60.3 Å². The molecule has 0 spiro atoms. The lowest BCUT2D eigenvalue weighted by Crippen LogP contribution is -2.49. The predicted octanol–water partition coefficient (Wildman–Crippen LogP) is 5.46. The second-order valence-corrected chi connectivity index (χ2v) is 20.8. The van der Waals surface area contributed by atoms with Crippen LogP contribution in [0, 0.1) is 0 Å². The zero-order valence-corrected chi connectivity index (χ0v) is 44.3. The Balaban J connectivity index is 0.658. The molecular formula is C55H64Cl2N12O7. The summed E-state index contributed by atoms with van der Waals surface area (Å²) >= 11 is 13.2. The number of amides is 4. The molecule has 3 aromatic carbocycles. The van der Waals surface area contributed by atoms with Gasteiger partial charge in [0.2, 0.25) is 23.6 Å². The van der Waals surface area contributed by atoms with Crippen molar-refractivity contribution in [1.29, 1.82) is 0 Å². The lowest BCUT2D eigenvalue weighted by atomic mass is 9.90. The first-order valence-corrected chi connectivity index (χ1v) is 26.7. The Morgan fingerprint density at radius 2 is 1.59 bits per heavy atom. The number of nitrogens with zero attached hydrogens (tertiary/aromatic N) is 8. The van der Waals surface area contributed by atoms with Crippen LogP contribution in [0.4, 0.5) is 0 Å². The number of halogens is 2. The van der Waals surface area contributed by atoms with E-state index >= 15 is 0 Å². The van der Waals surface area contributed by atoms with Gasteiger partial charge in [0.25, 0.3) is 5.56 Å². The van der Waals surface area contributed by atoms with E-state index in [1.165, 1.54) is 10.9 Å². The molecule has 0 bridgehead atoms. The van der Waals surface area contributed by atoms with Gasteiger partial charge in [0, 0.05) is 99.7 Å². The molecule has 1 fully saturated rings. The number of hydrogen-bond acceptors (Lipinski definition) is 11. The zero-order valence-electron chi connectivity index (χ0n) is 42.8. The van der Waals surface area contributed by atoms with Crippen LogP contribution in [-0.2, 0) is 58.8 Å². The van der Waals surface area contributed by atoms with Crippen LogP contribution in [0.2, 0.25) is 10.0 Å². The average Bonchev–Trinajstić information content (AvgIpc) is 4.16. The van der Waals surface area contributed by atoms with E-state index in [9.17, 15) is 34.2 Å². The number of aromatic amines is 1. The zero-order chi connectivity index (χ0) is 53.5. The van der Waals surface area contributed by atoms with Gasteiger partial charge < -0.3 is 40.9 Å². The number of aliphatic hydroxyl groups is 2. The fourth-order valence-corrected chi connectivity index (χ4v) is 10.7. The third-order valence-corrected chi connectivity index (χ3v) is 15.4. The molecule has 1 atom stereocenters. The summed E-state index contributed by atoms with van der Waals surface area (Å²) in [5.74, 6) is -0.467. The minimum atomic E-state index is -1.17. The van der Waals surface area contributed by atoms with Gasteiger partial charge in [-0.25, -0.2) is 4.98 Å². The number of unbranched alkanes of at least 4 members (excludes halogenated alkanes) is 3. The number of aliphatic hydroxyl groups excluding tert-OH is 1. The summed E-state index contributed by atoms with van der Waals surface area (Å²) < 4.78 is 4.63. The topological polar surface area (TPSA) is 238 Å². The van der Waals surface area contributed by atoms with Gasteiger partial charge >= 0.3 is 0 Å². The molecule has 2 aliphatic rings. The van der Waals surface area contributed by atoms with Gasteiger partial charge in [0.1, 0.15) is 18.7 Å². The fraction of sp³-hybridized carbons (Fsp3) is 0.418. The first-order valence-electron chi connectivity index (χ1n) is 25.9. The van der Waals surface area contributed by atoms with E-state index in [4.69, 9.17) is 23.2 Å². The number of benzene rings is 3. The highest BCUT2D eigenvalue weighted by Crippen LogP contribution is 2.42. The molecule has 400 valence electrons. The average molecular weight is 1080 g/mol. The van der Waals surface area contributed by atoms with Crippen molar-refractivity contribution in [3.8, 4) is 22.5 Å². The molecule has 6 heterocycles. The second-order valence-electron chi connectivity index (χ2n) is 20.1. The van der Waals surface area contributed by atoms with E-state index in [2.05, 4.69) is 36.1 Å². The van der Waals surface area contributed by atoms with Crippen LogP contribution >= 0.6 is 23.2 Å². The molecular weight excluding hydrogens is 1010 g/mol. The Labute approximate surface area is 449 Å². The molecule has 0 aliphatic carbocycles. The minimum Gasteiger partial charge on any atom is -0.388 e. The molecule has 6 N–H and O–H groups in total. The molecule has 7 aromatic rings. The number of aromatic nitrogens is 7. The van der Waals surface area contributed by atoms with E-state index in [1.807, 2.05) is 67.6 Å². The highest BCUT2D eigenvalue weighted by Gasteiger charge is 2.35. The highest BCUT2D eigenvalue weighted by atomic mass is 35.5. The summed E-state index contributed by atoms with van der Waals surface area (Å²) in [7, 11) is 1.77. The van der Waals surface area contributed by atoms with Gasteiger partial charge in [-0.1, -0.05) is 97.6 Å². The van der Waals surface area contributed by atoms with E-state index < -0.39 is 12.2 Å². The Bertz CT molecular complexity index is 3290. The van der Waals surface area contributed by atoms with Crippen molar-refractivity contribution in [2.24, 2.45) is 7.05 Å². The summed E-state index contributed by atoms with van der Waals surface area (Å²) in [4.78, 5) is 76.0. The molecule has 1 saturated heterocycles. The third-order valence-electron chi connectivity index (χ3n) is 14.6. The Morgan fingerprint density at radius 1 is 0.868 bits per heavy atom. The number of fused-ring (bicyclic) bond motifs is 4. The smallest absolute Gasteiger partial charge is 0.281 e. The Morgan fingerprint density at radius 3 is 2.32 bits per heavy atom. The lowest BCUT2D eigenvalue weighted by Gasteiger charge is -2.38. The van der Waals surface area contributed by atoms with Gasteiger partial charge in [0.05, 0.1) is 52.0 Å². The maximum atomic E-state index is 13.7. The number of aryl methyl sites for hydroxylation is 1. The van der Waals surface area contributed by atoms with Gasteiger partial charge in [-0.2, -0.15) is 10.2 Å². The van der Waals surface area contributed by atoms with Crippen molar-refractivity contribution in [2.45, 2.75) is 96.0 Å². The van der Waals surface area contributed by atoms with E-state index in [1.54, 1.807) is 38.5 Å². The number of carbonyl (C=O) groups excluding carboxylic acids is 4. The minimum absolute atomic E-state index is 0.0303. The van der Waals surface area contributed by atoms with Crippen molar-refractivity contribution in [2.75, 3.05) is 45.9 Å². The summed E-state index contributed by atoms with van der Waals surface area (Å²) in [5.41, 5.74) is 6.61. The van der Waals surface area contributed by atoms with E-state index in [0.717, 1.165) is 64.6 Å². The number of likely N-dealkylation sites (tertiary alicyclic amines) is 1. The van der Waals surface area contributed by atoms with Crippen LogP contribution in [-0.4, -0.2) is 129 Å². The number of rotatable bonds is 21. The first-order chi connectivity index (χ1) is 36.7. The number of hydrogen-bond donors (Lipinski definition) is 6. The number of H-pyrrole nitrogens is 1. The number of nitrogens with one attached hydrogen (secondary N) is 4. The number of carbonyl (C=O) groups is 4.